The number of halogens is 1. The van der Waals surface area contributed by atoms with Gasteiger partial charge in [-0.05, 0) is 95.3 Å². The summed E-state index contributed by atoms with van der Waals surface area (Å²) in [5.74, 6) is 0.597. The molecular formula is C33H24ClN9O3S3. The number of anilines is 6. The molecule has 0 radical (unpaired) electrons. The van der Waals surface area contributed by atoms with Crippen LogP contribution in [-0.4, -0.2) is 13.1 Å². The molecule has 6 N–H and O–H groups in total. The Morgan fingerprint density at radius 1 is 0.592 bits per heavy atom. The molecule has 7 rings (SSSR count). The van der Waals surface area contributed by atoms with Crippen LogP contribution in [0.2, 0.25) is 5.02 Å². The van der Waals surface area contributed by atoms with E-state index < -0.39 is 0 Å². The number of rotatable bonds is 7. The molecule has 244 valence electrons. The van der Waals surface area contributed by atoms with Crippen LogP contribution in [0.5, 0.6) is 0 Å². The van der Waals surface area contributed by atoms with Crippen molar-refractivity contribution in [1.82, 2.24) is 13.1 Å². The molecular weight excluding hydrogens is 702 g/mol. The fraction of sp³-hybridized carbons (Fsp3) is 0.0909. The minimum atomic E-state index is -0.365. The van der Waals surface area contributed by atoms with E-state index in [0.717, 1.165) is 56.7 Å². The molecule has 0 unspecified atom stereocenters. The number of aromatic nitrogens is 3. The van der Waals surface area contributed by atoms with E-state index in [0.29, 0.717) is 20.9 Å². The highest BCUT2D eigenvalue weighted by Gasteiger charge is 2.25. The van der Waals surface area contributed by atoms with Gasteiger partial charge in [-0.1, -0.05) is 54.1 Å². The number of H-pyrrole nitrogens is 3. The van der Waals surface area contributed by atoms with E-state index in [1.54, 1.807) is 0 Å². The second-order valence-electron chi connectivity index (χ2n) is 10.2. The zero-order valence-electron chi connectivity index (χ0n) is 25.2. The standard InChI is InChI=1S/C13H10ClN3OS.2C10H7N3OS/c14-11-5-8(3-4-9(11)7-1-2-7)16-13-10(6-15)12(18)17-19-13;2*11-6-8-9(14)13-15-10(8)12-7-4-2-1-3-5-7/h3-5,7,16H,1-2H2,(H,17,18);2*1-5,12H,(H,13,14). The van der Waals surface area contributed by atoms with Crippen molar-refractivity contribution in [3.05, 3.63) is 137 Å². The maximum Gasteiger partial charge on any atom is 0.278 e. The fourth-order valence-electron chi connectivity index (χ4n) is 4.24. The van der Waals surface area contributed by atoms with Gasteiger partial charge in [-0.3, -0.25) is 27.5 Å². The summed E-state index contributed by atoms with van der Waals surface area (Å²) in [6.45, 7) is 0. The van der Waals surface area contributed by atoms with Crippen LogP contribution in [0.1, 0.15) is 41.0 Å². The Labute approximate surface area is 296 Å². The molecule has 12 nitrogen and oxygen atoms in total. The summed E-state index contributed by atoms with van der Waals surface area (Å²) < 4.78 is 7.55. The Bertz CT molecular complexity index is 2250. The van der Waals surface area contributed by atoms with Gasteiger partial charge in [0.1, 0.15) is 33.2 Å². The zero-order valence-corrected chi connectivity index (χ0v) is 28.4. The highest BCUT2D eigenvalue weighted by molar-refractivity contribution is 7.11. The minimum Gasteiger partial charge on any atom is -0.345 e. The van der Waals surface area contributed by atoms with Crippen LogP contribution in [0, 0.1) is 34.0 Å². The number of nitriles is 3. The lowest BCUT2D eigenvalue weighted by atomic mass is 10.1. The van der Waals surface area contributed by atoms with E-state index in [1.165, 1.54) is 18.4 Å². The van der Waals surface area contributed by atoms with Crippen molar-refractivity contribution in [2.75, 3.05) is 16.0 Å². The predicted molar refractivity (Wildman–Crippen MR) is 195 cm³/mol. The molecule has 16 heteroatoms. The molecule has 0 aliphatic heterocycles. The summed E-state index contributed by atoms with van der Waals surface area (Å²) in [5.41, 5.74) is 2.96. The molecule has 0 saturated heterocycles. The monoisotopic (exact) mass is 725 g/mol. The van der Waals surface area contributed by atoms with Crippen LogP contribution in [0.25, 0.3) is 0 Å². The van der Waals surface area contributed by atoms with Crippen molar-refractivity contribution in [2.24, 2.45) is 0 Å². The second kappa shape index (κ2) is 16.3. The Balaban J connectivity index is 0.000000145. The van der Waals surface area contributed by atoms with Gasteiger partial charge in [0.15, 0.2) is 16.7 Å². The first-order valence-corrected chi connectivity index (χ1v) is 17.2. The van der Waals surface area contributed by atoms with Gasteiger partial charge in [0.25, 0.3) is 16.7 Å². The maximum absolute atomic E-state index is 11.3. The Kier molecular flexibility index (Phi) is 11.4. The molecule has 0 spiro atoms. The van der Waals surface area contributed by atoms with Crippen molar-refractivity contribution >= 4 is 78.3 Å². The van der Waals surface area contributed by atoms with Crippen LogP contribution in [-0.2, 0) is 0 Å². The van der Waals surface area contributed by atoms with E-state index in [9.17, 15) is 14.4 Å². The van der Waals surface area contributed by atoms with Crippen LogP contribution in [0.3, 0.4) is 0 Å². The zero-order chi connectivity index (χ0) is 34.8. The molecule has 0 bridgehead atoms. The van der Waals surface area contributed by atoms with Gasteiger partial charge >= 0.3 is 0 Å². The molecule has 6 aromatic rings. The number of para-hydroxylation sites is 2. The molecule has 3 aromatic carbocycles. The number of hydrogen-bond donors (Lipinski definition) is 6. The van der Waals surface area contributed by atoms with Gasteiger partial charge in [-0.15, -0.1) is 0 Å². The molecule has 1 aliphatic carbocycles. The Hall–Kier alpha value is -5.89. The molecule has 3 heterocycles. The third-order valence-corrected chi connectivity index (χ3v) is 9.49. The number of aromatic amines is 3. The maximum atomic E-state index is 11.3. The first-order valence-electron chi connectivity index (χ1n) is 14.4. The number of nitrogens with zero attached hydrogens (tertiary/aromatic N) is 3. The smallest absolute Gasteiger partial charge is 0.278 e. The average molecular weight is 726 g/mol. The summed E-state index contributed by atoms with van der Waals surface area (Å²) in [7, 11) is 0. The summed E-state index contributed by atoms with van der Waals surface area (Å²) >= 11 is 9.60. The van der Waals surface area contributed by atoms with Gasteiger partial charge in [0.05, 0.1) is 0 Å². The summed E-state index contributed by atoms with van der Waals surface area (Å²) in [6.07, 6.45) is 2.40. The second-order valence-corrected chi connectivity index (χ2v) is 13.0. The molecule has 1 fully saturated rings. The quantitative estimate of drug-likeness (QED) is 0.0952. The minimum absolute atomic E-state index is 0.104. The van der Waals surface area contributed by atoms with E-state index in [4.69, 9.17) is 27.4 Å². The summed E-state index contributed by atoms with van der Waals surface area (Å²) in [4.78, 5) is 33.7. The highest BCUT2D eigenvalue weighted by Crippen LogP contribution is 2.44. The topological polar surface area (TPSA) is 206 Å². The SMILES string of the molecule is N#Cc1c(Nc2ccc(C3CC3)c(Cl)c2)s[nH]c1=O.N#Cc1c(Nc2ccccc2)s[nH]c1=O.N#Cc1c(Nc2ccccc2)s[nH]c1=O. The van der Waals surface area contributed by atoms with E-state index in [1.807, 2.05) is 97.1 Å². The molecule has 49 heavy (non-hydrogen) atoms. The van der Waals surface area contributed by atoms with Gasteiger partial charge in [0, 0.05) is 22.1 Å². The van der Waals surface area contributed by atoms with Crippen molar-refractivity contribution in [1.29, 1.82) is 15.8 Å². The lowest BCUT2D eigenvalue weighted by molar-refractivity contribution is 1.13. The van der Waals surface area contributed by atoms with Crippen molar-refractivity contribution < 1.29 is 0 Å². The Morgan fingerprint density at radius 3 is 1.33 bits per heavy atom. The van der Waals surface area contributed by atoms with Crippen molar-refractivity contribution in [3.63, 3.8) is 0 Å². The first kappa shape index (κ1) is 34.4. The lowest BCUT2D eigenvalue weighted by Crippen LogP contribution is -2.02. The van der Waals surface area contributed by atoms with Crippen LogP contribution >= 0.6 is 46.2 Å². The number of nitrogens with one attached hydrogen (secondary N) is 6. The average Bonchev–Trinajstić information content (AvgIpc) is 3.69. The van der Waals surface area contributed by atoms with Crippen LogP contribution < -0.4 is 32.6 Å². The molecule has 0 amide bonds. The third kappa shape index (κ3) is 8.93. The van der Waals surface area contributed by atoms with Gasteiger partial charge in [0.2, 0.25) is 0 Å². The Morgan fingerprint density at radius 2 is 0.980 bits per heavy atom. The fourth-order valence-corrected chi connectivity index (χ4v) is 6.70. The van der Waals surface area contributed by atoms with Gasteiger partial charge < -0.3 is 16.0 Å². The van der Waals surface area contributed by atoms with Crippen molar-refractivity contribution in [2.45, 2.75) is 18.8 Å². The van der Waals surface area contributed by atoms with Crippen LogP contribution in [0.15, 0.2) is 93.2 Å². The first-order chi connectivity index (χ1) is 23.8. The molecule has 0 atom stereocenters. The number of benzene rings is 3. The lowest BCUT2D eigenvalue weighted by Gasteiger charge is -2.07. The predicted octanol–water partition coefficient (Wildman–Crippen LogP) is 7.69. The largest absolute Gasteiger partial charge is 0.345 e. The number of hydrogen-bond acceptors (Lipinski definition) is 12. The van der Waals surface area contributed by atoms with Crippen molar-refractivity contribution in [3.8, 4) is 18.2 Å². The normalized spacial score (nSPS) is 11.3. The van der Waals surface area contributed by atoms with E-state index >= 15 is 0 Å². The van der Waals surface area contributed by atoms with Gasteiger partial charge in [-0.25, -0.2) is 0 Å². The van der Waals surface area contributed by atoms with E-state index in [2.05, 4.69) is 29.1 Å². The van der Waals surface area contributed by atoms with E-state index in [-0.39, 0.29) is 33.4 Å². The van der Waals surface area contributed by atoms with Crippen LogP contribution in [0.4, 0.5) is 32.1 Å². The molecule has 3 aromatic heterocycles. The van der Waals surface area contributed by atoms with Gasteiger partial charge in [-0.2, -0.15) is 15.8 Å². The summed E-state index contributed by atoms with van der Waals surface area (Å²) in [5, 5.41) is 37.9. The molecule has 1 saturated carbocycles. The third-order valence-electron chi connectivity index (χ3n) is 6.77. The molecule has 1 aliphatic rings. The summed E-state index contributed by atoms with van der Waals surface area (Å²) in [6, 6.07) is 30.2. The highest BCUT2D eigenvalue weighted by atomic mass is 35.5.